The first-order chi connectivity index (χ1) is 19.4. The summed E-state index contributed by atoms with van der Waals surface area (Å²) >= 11 is 1.51. The third kappa shape index (κ3) is 5.51. The Hall–Kier alpha value is -2.88. The number of amides is 1. The highest BCUT2D eigenvalue weighted by Crippen LogP contribution is 2.35. The van der Waals surface area contributed by atoms with Crippen LogP contribution in [-0.4, -0.2) is 59.1 Å². The number of piperidine rings is 1. The van der Waals surface area contributed by atoms with Crippen molar-refractivity contribution in [2.45, 2.75) is 64.1 Å². The van der Waals surface area contributed by atoms with Gasteiger partial charge in [0.1, 0.15) is 12.0 Å². The van der Waals surface area contributed by atoms with Crippen molar-refractivity contribution in [3.05, 3.63) is 59.0 Å². The van der Waals surface area contributed by atoms with Crippen LogP contribution in [0.5, 0.6) is 0 Å². The van der Waals surface area contributed by atoms with Gasteiger partial charge >= 0.3 is 0 Å². The molecule has 2 aromatic carbocycles. The van der Waals surface area contributed by atoms with E-state index in [1.165, 1.54) is 11.3 Å². The molecule has 2 aliphatic heterocycles. The van der Waals surface area contributed by atoms with Gasteiger partial charge in [0.25, 0.3) is 5.91 Å². The predicted octanol–water partition coefficient (Wildman–Crippen LogP) is 6.46. The Bertz CT molecular complexity index is 1520. The highest BCUT2D eigenvalue weighted by atomic mass is 32.1. The first-order valence-electron chi connectivity index (χ1n) is 14.5. The second-order valence-corrected chi connectivity index (χ2v) is 12.5. The Labute approximate surface area is 237 Å². The standard InChI is InChI=1S/C31H37F2N5OS/c1-19(2)23-16-28-29(17-24(23)30(39)35-11-4-12-37-13-8-21(32)9-14-37)40-31-36-27(18-38(28)31)22-7-6-20(15-25(22)33)26-5-3-10-34-26/h6-7,15-19,21,26,34H,3-5,8-14H2,1-2H3,(H,35,39). The van der Waals surface area contributed by atoms with Gasteiger partial charge in [0.05, 0.1) is 15.9 Å². The maximum absolute atomic E-state index is 15.2. The first-order valence-corrected chi connectivity index (χ1v) is 15.3. The molecule has 4 aromatic rings. The summed E-state index contributed by atoms with van der Waals surface area (Å²) in [6.07, 6.45) is 5.43. The van der Waals surface area contributed by atoms with Crippen molar-refractivity contribution in [3.63, 3.8) is 0 Å². The van der Waals surface area contributed by atoms with E-state index in [4.69, 9.17) is 4.98 Å². The minimum atomic E-state index is -0.668. The monoisotopic (exact) mass is 565 g/mol. The van der Waals surface area contributed by atoms with Crippen LogP contribution in [0.25, 0.3) is 26.4 Å². The largest absolute Gasteiger partial charge is 0.352 e. The van der Waals surface area contributed by atoms with Crippen molar-refractivity contribution in [3.8, 4) is 11.3 Å². The zero-order valence-corrected chi connectivity index (χ0v) is 24.0. The molecule has 1 atom stereocenters. The number of thiazole rings is 1. The summed E-state index contributed by atoms with van der Waals surface area (Å²) in [5.74, 6) is -0.173. The highest BCUT2D eigenvalue weighted by molar-refractivity contribution is 7.23. The van der Waals surface area contributed by atoms with E-state index in [0.29, 0.717) is 36.2 Å². The van der Waals surface area contributed by atoms with Gasteiger partial charge in [0.2, 0.25) is 0 Å². The second kappa shape index (κ2) is 11.5. The van der Waals surface area contributed by atoms with Crippen molar-refractivity contribution < 1.29 is 13.6 Å². The molecular formula is C31H37F2N5OS. The van der Waals surface area contributed by atoms with Gasteiger partial charge in [-0.3, -0.25) is 9.20 Å². The van der Waals surface area contributed by atoms with Crippen LogP contribution in [0.1, 0.15) is 79.4 Å². The van der Waals surface area contributed by atoms with Crippen molar-refractivity contribution in [2.75, 3.05) is 32.7 Å². The number of rotatable bonds is 8. The van der Waals surface area contributed by atoms with Crippen LogP contribution < -0.4 is 10.6 Å². The summed E-state index contributed by atoms with van der Waals surface area (Å²) in [7, 11) is 0. The topological polar surface area (TPSA) is 61.7 Å². The summed E-state index contributed by atoms with van der Waals surface area (Å²) in [6, 6.07) is 9.74. The fourth-order valence-corrected chi connectivity index (χ4v) is 7.04. The summed E-state index contributed by atoms with van der Waals surface area (Å²) < 4.78 is 31.5. The lowest BCUT2D eigenvalue weighted by atomic mass is 9.96. The van der Waals surface area contributed by atoms with Gasteiger partial charge in [0, 0.05) is 43.0 Å². The summed E-state index contributed by atoms with van der Waals surface area (Å²) in [6.45, 7) is 8.19. The molecule has 2 aliphatic rings. The minimum absolute atomic E-state index is 0.0706. The number of benzene rings is 2. The fourth-order valence-electron chi connectivity index (χ4n) is 6.01. The lowest BCUT2D eigenvalue weighted by molar-refractivity contribution is 0.0948. The zero-order valence-electron chi connectivity index (χ0n) is 23.2. The molecule has 40 heavy (non-hydrogen) atoms. The second-order valence-electron chi connectivity index (χ2n) is 11.5. The first kappa shape index (κ1) is 27.3. The average molecular weight is 566 g/mol. The van der Waals surface area contributed by atoms with Crippen LogP contribution in [0.2, 0.25) is 0 Å². The number of alkyl halides is 1. The molecule has 6 nitrogen and oxygen atoms in total. The van der Waals surface area contributed by atoms with Gasteiger partial charge in [-0.15, -0.1) is 0 Å². The fraction of sp³-hybridized carbons (Fsp3) is 0.484. The SMILES string of the molecule is CC(C)c1cc2c(cc1C(=O)NCCCN1CCC(F)CC1)sc1nc(-c3ccc(C4CCCN4)cc3F)cn12. The molecule has 2 fully saturated rings. The molecular weight excluding hydrogens is 528 g/mol. The number of likely N-dealkylation sites (tertiary alicyclic amines) is 1. The van der Waals surface area contributed by atoms with E-state index in [9.17, 15) is 9.18 Å². The normalized spacial score (nSPS) is 18.9. The van der Waals surface area contributed by atoms with Gasteiger partial charge in [0.15, 0.2) is 4.96 Å². The molecule has 0 aliphatic carbocycles. The van der Waals surface area contributed by atoms with Crippen LogP contribution in [0.3, 0.4) is 0 Å². The molecule has 2 aromatic heterocycles. The highest BCUT2D eigenvalue weighted by Gasteiger charge is 2.22. The number of aromatic nitrogens is 2. The van der Waals surface area contributed by atoms with Crippen molar-refractivity contribution in [2.24, 2.45) is 0 Å². The van der Waals surface area contributed by atoms with E-state index in [2.05, 4.69) is 35.4 Å². The number of nitrogens with zero attached hydrogens (tertiary/aromatic N) is 3. The molecule has 212 valence electrons. The van der Waals surface area contributed by atoms with E-state index in [0.717, 1.165) is 71.7 Å². The molecule has 9 heteroatoms. The molecule has 4 heterocycles. The maximum atomic E-state index is 15.2. The van der Waals surface area contributed by atoms with Gasteiger partial charge in [-0.2, -0.15) is 0 Å². The number of hydrogen-bond acceptors (Lipinski definition) is 5. The van der Waals surface area contributed by atoms with Gasteiger partial charge in [-0.1, -0.05) is 31.3 Å². The zero-order chi connectivity index (χ0) is 27.8. The lowest BCUT2D eigenvalue weighted by Gasteiger charge is -2.28. The van der Waals surface area contributed by atoms with E-state index < -0.39 is 6.17 Å². The Morgan fingerprint density at radius 2 is 2.02 bits per heavy atom. The molecule has 0 spiro atoms. The summed E-state index contributed by atoms with van der Waals surface area (Å²) in [4.78, 5) is 21.0. The number of nitrogens with one attached hydrogen (secondary N) is 2. The number of hydrogen-bond donors (Lipinski definition) is 2. The molecule has 0 bridgehead atoms. The van der Waals surface area contributed by atoms with Crippen molar-refractivity contribution in [1.29, 1.82) is 0 Å². The van der Waals surface area contributed by atoms with Crippen LogP contribution in [-0.2, 0) is 0 Å². The Balaban J connectivity index is 1.20. The third-order valence-electron chi connectivity index (χ3n) is 8.32. The Morgan fingerprint density at radius 1 is 1.20 bits per heavy atom. The number of carbonyl (C=O) groups excluding carboxylic acids is 1. The van der Waals surface area contributed by atoms with Crippen LogP contribution in [0.15, 0.2) is 36.5 Å². The molecule has 2 N–H and O–H groups in total. The quantitative estimate of drug-likeness (QED) is 0.241. The van der Waals surface area contributed by atoms with E-state index in [-0.39, 0.29) is 23.7 Å². The maximum Gasteiger partial charge on any atom is 0.251 e. The summed E-state index contributed by atoms with van der Waals surface area (Å²) in [5.41, 5.74) is 4.74. The van der Waals surface area contributed by atoms with E-state index in [1.807, 2.05) is 28.8 Å². The molecule has 0 radical (unpaired) electrons. The van der Waals surface area contributed by atoms with Crippen LogP contribution in [0.4, 0.5) is 8.78 Å². The van der Waals surface area contributed by atoms with Gasteiger partial charge in [-0.25, -0.2) is 13.8 Å². The predicted molar refractivity (Wildman–Crippen MR) is 158 cm³/mol. The number of fused-ring (bicyclic) bond motifs is 3. The van der Waals surface area contributed by atoms with Crippen LogP contribution in [0, 0.1) is 5.82 Å². The van der Waals surface area contributed by atoms with Gasteiger partial charge < -0.3 is 15.5 Å². The van der Waals surface area contributed by atoms with Crippen molar-refractivity contribution >= 4 is 32.4 Å². The number of halogens is 2. The molecule has 2 saturated heterocycles. The third-order valence-corrected chi connectivity index (χ3v) is 9.34. The summed E-state index contributed by atoms with van der Waals surface area (Å²) in [5, 5.41) is 6.52. The number of imidazole rings is 1. The molecule has 1 amide bonds. The Morgan fingerprint density at radius 3 is 2.75 bits per heavy atom. The van der Waals surface area contributed by atoms with Crippen LogP contribution >= 0.6 is 11.3 Å². The minimum Gasteiger partial charge on any atom is -0.352 e. The molecule has 0 saturated carbocycles. The Kier molecular flexibility index (Phi) is 7.88. The lowest BCUT2D eigenvalue weighted by Crippen LogP contribution is -2.36. The number of carbonyl (C=O) groups is 1. The molecule has 1 unspecified atom stereocenters. The average Bonchev–Trinajstić information content (AvgIpc) is 3.68. The van der Waals surface area contributed by atoms with Gasteiger partial charge in [-0.05, 0) is 86.5 Å². The van der Waals surface area contributed by atoms with E-state index >= 15 is 4.39 Å². The smallest absolute Gasteiger partial charge is 0.251 e. The van der Waals surface area contributed by atoms with Crippen molar-refractivity contribution in [1.82, 2.24) is 24.9 Å². The molecule has 6 rings (SSSR count). The van der Waals surface area contributed by atoms with E-state index in [1.54, 1.807) is 6.07 Å².